The Morgan fingerprint density at radius 3 is 2.89 bits per heavy atom. The Morgan fingerprint density at radius 2 is 2.26 bits per heavy atom. The minimum Gasteiger partial charge on any atom is -0.507 e. The van der Waals surface area contributed by atoms with Crippen LogP contribution in [0.5, 0.6) is 5.75 Å². The molecule has 1 atom stereocenters. The van der Waals surface area contributed by atoms with E-state index in [1.807, 2.05) is 6.92 Å². The maximum Gasteiger partial charge on any atom is 0.257 e. The highest BCUT2D eigenvalue weighted by molar-refractivity contribution is 9.10. The Balaban J connectivity index is 2.19. The number of carbonyl (C=O) groups excluding carboxylic acids is 1. The van der Waals surface area contributed by atoms with Gasteiger partial charge in [0, 0.05) is 29.9 Å². The number of halogens is 1. The van der Waals surface area contributed by atoms with E-state index in [0.29, 0.717) is 25.2 Å². The Morgan fingerprint density at radius 1 is 1.53 bits per heavy atom. The molecule has 6 heteroatoms. The number of likely N-dealkylation sites (tertiary alicyclic amines) is 1. The number of oxime groups is 1. The van der Waals surface area contributed by atoms with Gasteiger partial charge in [-0.3, -0.25) is 4.79 Å². The Bertz CT molecular complexity index is 531. The van der Waals surface area contributed by atoms with E-state index in [-0.39, 0.29) is 23.1 Å². The van der Waals surface area contributed by atoms with Crippen LogP contribution in [0.1, 0.15) is 23.7 Å². The molecule has 1 saturated heterocycles. The molecular formula is C13H15BrN2O3. The van der Waals surface area contributed by atoms with E-state index in [4.69, 9.17) is 5.21 Å². The fraction of sp³-hybridized carbons (Fsp3) is 0.385. The largest absolute Gasteiger partial charge is 0.507 e. The Labute approximate surface area is 119 Å². The molecule has 1 aliphatic rings. The lowest BCUT2D eigenvalue weighted by Crippen LogP contribution is -2.43. The molecule has 1 aromatic carbocycles. The molecule has 1 aliphatic heterocycles. The van der Waals surface area contributed by atoms with E-state index >= 15 is 0 Å². The van der Waals surface area contributed by atoms with Gasteiger partial charge >= 0.3 is 0 Å². The van der Waals surface area contributed by atoms with Gasteiger partial charge in [-0.25, -0.2) is 0 Å². The van der Waals surface area contributed by atoms with Gasteiger partial charge in [0.2, 0.25) is 0 Å². The minimum atomic E-state index is -0.206. The third kappa shape index (κ3) is 2.89. The monoisotopic (exact) mass is 326 g/mol. The first-order chi connectivity index (χ1) is 9.02. The summed E-state index contributed by atoms with van der Waals surface area (Å²) in [4.78, 5) is 14.0. The van der Waals surface area contributed by atoms with Gasteiger partial charge in [-0.15, -0.1) is 0 Å². The number of carbonyl (C=O) groups is 1. The maximum absolute atomic E-state index is 12.4. The van der Waals surface area contributed by atoms with Crippen LogP contribution < -0.4 is 0 Å². The van der Waals surface area contributed by atoms with Crippen molar-refractivity contribution >= 4 is 27.5 Å². The summed E-state index contributed by atoms with van der Waals surface area (Å²) in [7, 11) is 0. The molecule has 0 aliphatic carbocycles. The molecular weight excluding hydrogens is 312 g/mol. The summed E-state index contributed by atoms with van der Waals surface area (Å²) in [6.07, 6.45) is 0.554. The van der Waals surface area contributed by atoms with Crippen molar-refractivity contribution in [1.29, 1.82) is 0 Å². The number of phenolic OH excluding ortho intramolecular Hbond substituents is 1. The molecule has 2 rings (SSSR count). The van der Waals surface area contributed by atoms with Crippen molar-refractivity contribution in [3.8, 4) is 5.75 Å². The predicted molar refractivity (Wildman–Crippen MR) is 74.7 cm³/mol. The number of nitrogens with zero attached hydrogens (tertiary/aromatic N) is 2. The molecule has 102 valence electrons. The summed E-state index contributed by atoms with van der Waals surface area (Å²) >= 11 is 3.29. The zero-order valence-corrected chi connectivity index (χ0v) is 12.1. The summed E-state index contributed by atoms with van der Waals surface area (Å²) in [5.74, 6) is -0.206. The molecule has 0 radical (unpaired) electrons. The van der Waals surface area contributed by atoms with Gasteiger partial charge in [-0.1, -0.05) is 28.0 Å². The van der Waals surface area contributed by atoms with Crippen LogP contribution in [-0.4, -0.2) is 39.9 Å². The fourth-order valence-electron chi connectivity index (χ4n) is 2.21. The summed E-state index contributed by atoms with van der Waals surface area (Å²) in [5, 5.41) is 21.8. The van der Waals surface area contributed by atoms with Crippen molar-refractivity contribution in [2.45, 2.75) is 13.3 Å². The third-order valence-electron chi connectivity index (χ3n) is 3.31. The first-order valence-electron chi connectivity index (χ1n) is 6.01. The molecule has 2 N–H and O–H groups in total. The Hall–Kier alpha value is -1.56. The summed E-state index contributed by atoms with van der Waals surface area (Å²) in [5.41, 5.74) is 0.994. The summed E-state index contributed by atoms with van der Waals surface area (Å²) in [6, 6.07) is 4.78. The van der Waals surface area contributed by atoms with Crippen LogP contribution >= 0.6 is 15.9 Å². The first kappa shape index (κ1) is 13.9. The molecule has 0 bridgehead atoms. The lowest BCUT2D eigenvalue weighted by Gasteiger charge is -2.31. The van der Waals surface area contributed by atoms with Gasteiger partial charge in [0.05, 0.1) is 11.3 Å². The van der Waals surface area contributed by atoms with Crippen molar-refractivity contribution in [1.82, 2.24) is 4.90 Å². The highest BCUT2D eigenvalue weighted by Gasteiger charge is 2.27. The van der Waals surface area contributed by atoms with E-state index in [0.717, 1.165) is 4.47 Å². The molecule has 0 spiro atoms. The van der Waals surface area contributed by atoms with Crippen molar-refractivity contribution in [2.75, 3.05) is 13.1 Å². The van der Waals surface area contributed by atoms with E-state index in [1.165, 1.54) is 6.07 Å². The lowest BCUT2D eigenvalue weighted by molar-refractivity contribution is 0.0731. The molecule has 19 heavy (non-hydrogen) atoms. The molecule has 1 amide bonds. The normalized spacial score (nSPS) is 21.7. The van der Waals surface area contributed by atoms with Crippen LogP contribution in [0.25, 0.3) is 0 Å². The van der Waals surface area contributed by atoms with E-state index < -0.39 is 0 Å². The summed E-state index contributed by atoms with van der Waals surface area (Å²) < 4.78 is 0.747. The number of phenols is 1. The summed E-state index contributed by atoms with van der Waals surface area (Å²) in [6.45, 7) is 2.90. The van der Waals surface area contributed by atoms with Gasteiger partial charge in [-0.2, -0.15) is 0 Å². The number of amides is 1. The predicted octanol–water partition coefficient (Wildman–Crippen LogP) is 2.47. The average molecular weight is 327 g/mol. The maximum atomic E-state index is 12.4. The van der Waals surface area contributed by atoms with Crippen molar-refractivity contribution in [3.63, 3.8) is 0 Å². The zero-order chi connectivity index (χ0) is 14.0. The minimum absolute atomic E-state index is 0.0250. The second kappa shape index (κ2) is 5.61. The molecule has 1 fully saturated rings. The van der Waals surface area contributed by atoms with E-state index in [9.17, 15) is 9.90 Å². The molecule has 1 unspecified atom stereocenters. The molecule has 0 saturated carbocycles. The number of piperidine rings is 1. The van der Waals surface area contributed by atoms with Crippen LogP contribution in [0, 0.1) is 5.92 Å². The molecule has 1 heterocycles. The highest BCUT2D eigenvalue weighted by atomic mass is 79.9. The van der Waals surface area contributed by atoms with Gasteiger partial charge in [0.15, 0.2) is 0 Å². The van der Waals surface area contributed by atoms with Gasteiger partial charge in [0.25, 0.3) is 5.91 Å². The Kier molecular flexibility index (Phi) is 4.09. The van der Waals surface area contributed by atoms with Crippen LogP contribution in [0.15, 0.2) is 27.8 Å². The third-order valence-corrected chi connectivity index (χ3v) is 3.80. The average Bonchev–Trinajstić information content (AvgIpc) is 2.40. The lowest BCUT2D eigenvalue weighted by atomic mass is 9.97. The van der Waals surface area contributed by atoms with Gasteiger partial charge in [-0.05, 0) is 18.2 Å². The number of rotatable bonds is 1. The molecule has 5 nitrogen and oxygen atoms in total. The fourth-order valence-corrected chi connectivity index (χ4v) is 2.57. The number of aromatic hydroxyl groups is 1. The number of hydrogen-bond acceptors (Lipinski definition) is 4. The first-order valence-corrected chi connectivity index (χ1v) is 6.81. The van der Waals surface area contributed by atoms with E-state index in [2.05, 4.69) is 21.1 Å². The quantitative estimate of drug-likeness (QED) is 0.615. The second-order valence-corrected chi connectivity index (χ2v) is 5.57. The van der Waals surface area contributed by atoms with Crippen LogP contribution in [0.4, 0.5) is 0 Å². The van der Waals surface area contributed by atoms with Crippen LogP contribution in [0.2, 0.25) is 0 Å². The van der Waals surface area contributed by atoms with Gasteiger partial charge in [0.1, 0.15) is 5.75 Å². The molecule has 0 aromatic heterocycles. The van der Waals surface area contributed by atoms with Gasteiger partial charge < -0.3 is 15.2 Å². The van der Waals surface area contributed by atoms with Crippen molar-refractivity contribution < 1.29 is 15.1 Å². The smallest absolute Gasteiger partial charge is 0.257 e. The van der Waals surface area contributed by atoms with Crippen LogP contribution in [-0.2, 0) is 0 Å². The zero-order valence-electron chi connectivity index (χ0n) is 10.5. The second-order valence-electron chi connectivity index (χ2n) is 4.66. The molecule has 1 aromatic rings. The SMILES string of the molecule is CC1CN(C(=O)c2cc(Br)ccc2O)CC/C1=N\O. The van der Waals surface area contributed by atoms with E-state index in [1.54, 1.807) is 17.0 Å². The van der Waals surface area contributed by atoms with Crippen molar-refractivity contribution in [2.24, 2.45) is 11.1 Å². The standard InChI is InChI=1S/C13H15BrN2O3/c1-8-7-16(5-4-11(8)15-19)13(18)10-6-9(14)2-3-12(10)17/h2-3,6,8,17,19H,4-5,7H2,1H3/b15-11+. The van der Waals surface area contributed by atoms with Crippen LogP contribution in [0.3, 0.4) is 0 Å². The number of benzene rings is 1. The topological polar surface area (TPSA) is 73.1 Å². The number of hydrogen-bond donors (Lipinski definition) is 2. The highest BCUT2D eigenvalue weighted by Crippen LogP contribution is 2.25. The van der Waals surface area contributed by atoms with Crippen molar-refractivity contribution in [3.05, 3.63) is 28.2 Å².